The van der Waals surface area contributed by atoms with Gasteiger partial charge in [0, 0.05) is 24.8 Å². The van der Waals surface area contributed by atoms with Crippen molar-refractivity contribution in [3.05, 3.63) is 12.5 Å². The van der Waals surface area contributed by atoms with Gasteiger partial charge in [0.25, 0.3) is 10.0 Å². The molecule has 1 saturated carbocycles. The summed E-state index contributed by atoms with van der Waals surface area (Å²) in [5.41, 5.74) is 5.61. The highest BCUT2D eigenvalue weighted by molar-refractivity contribution is 7.89. The summed E-state index contributed by atoms with van der Waals surface area (Å²) >= 11 is 0. The molecule has 0 bridgehead atoms. The molecule has 0 aromatic carbocycles. The summed E-state index contributed by atoms with van der Waals surface area (Å²) < 4.78 is 29.3. The molecule has 1 aromatic rings. The first-order chi connectivity index (χ1) is 9.03. The largest absolute Gasteiger partial charge is 0.336 e. The molecule has 0 aliphatic heterocycles. The van der Waals surface area contributed by atoms with Gasteiger partial charge in [-0.3, -0.25) is 0 Å². The summed E-state index contributed by atoms with van der Waals surface area (Å²) in [6.07, 6.45) is 3.07. The second-order valence-electron chi connectivity index (χ2n) is 6.72. The Morgan fingerprint density at radius 1 is 1.35 bits per heavy atom. The predicted molar refractivity (Wildman–Crippen MR) is 77.5 cm³/mol. The van der Waals surface area contributed by atoms with Crippen molar-refractivity contribution in [2.24, 2.45) is 16.6 Å². The number of aryl methyl sites for hydroxylation is 1. The number of nitrogens with zero attached hydrogens (tertiary/aromatic N) is 2. The van der Waals surface area contributed by atoms with Crippen molar-refractivity contribution < 1.29 is 8.42 Å². The number of imidazole rings is 1. The topological polar surface area (TPSA) is 90.0 Å². The Labute approximate surface area is 120 Å². The number of hydrogen-bond donors (Lipinski definition) is 2. The minimum absolute atomic E-state index is 0.0455. The maximum absolute atomic E-state index is 12.4. The molecule has 0 saturated heterocycles. The van der Waals surface area contributed by atoms with E-state index in [1.54, 1.807) is 10.8 Å². The Balaban J connectivity index is 2.25. The van der Waals surface area contributed by atoms with E-state index in [4.69, 9.17) is 5.73 Å². The molecular formula is C13H24N4O2S. The molecule has 1 aliphatic carbocycles. The van der Waals surface area contributed by atoms with Crippen LogP contribution >= 0.6 is 0 Å². The number of nitrogens with two attached hydrogens (primary N) is 1. The van der Waals surface area contributed by atoms with Crippen LogP contribution in [0, 0.1) is 10.8 Å². The van der Waals surface area contributed by atoms with Crippen LogP contribution in [-0.2, 0) is 16.6 Å². The van der Waals surface area contributed by atoms with Crippen molar-refractivity contribution >= 4 is 10.0 Å². The molecule has 0 spiro atoms. The molecule has 114 valence electrons. The zero-order valence-electron chi connectivity index (χ0n) is 12.7. The molecule has 0 radical (unpaired) electrons. The van der Waals surface area contributed by atoms with Crippen LogP contribution in [0.3, 0.4) is 0 Å². The number of hydrogen-bond acceptors (Lipinski definition) is 4. The van der Waals surface area contributed by atoms with Crippen LogP contribution in [0.15, 0.2) is 17.6 Å². The van der Waals surface area contributed by atoms with Gasteiger partial charge in [0.1, 0.15) is 0 Å². The van der Waals surface area contributed by atoms with Gasteiger partial charge in [-0.05, 0) is 17.8 Å². The van der Waals surface area contributed by atoms with Gasteiger partial charge in [-0.15, -0.1) is 0 Å². The Hall–Kier alpha value is -0.920. The van der Waals surface area contributed by atoms with E-state index in [0.29, 0.717) is 6.54 Å². The zero-order chi connectivity index (χ0) is 15.3. The second-order valence-corrected chi connectivity index (χ2v) is 8.38. The average Bonchev–Trinajstić information content (AvgIpc) is 2.84. The van der Waals surface area contributed by atoms with E-state index in [1.165, 1.54) is 6.33 Å². The lowest BCUT2D eigenvalue weighted by Gasteiger charge is -2.62. The quantitative estimate of drug-likeness (QED) is 0.866. The van der Waals surface area contributed by atoms with Gasteiger partial charge in [0.15, 0.2) is 5.03 Å². The van der Waals surface area contributed by atoms with Gasteiger partial charge in [-0.1, -0.05) is 27.7 Å². The van der Waals surface area contributed by atoms with Crippen molar-refractivity contribution in [1.29, 1.82) is 0 Å². The van der Waals surface area contributed by atoms with Crippen LogP contribution in [0.5, 0.6) is 0 Å². The highest BCUT2D eigenvalue weighted by Gasteiger charge is 2.61. The lowest BCUT2D eigenvalue weighted by molar-refractivity contribution is -0.0593. The molecule has 1 fully saturated rings. The lowest BCUT2D eigenvalue weighted by Crippen LogP contribution is -2.75. The highest BCUT2D eigenvalue weighted by atomic mass is 32.2. The number of rotatable bonds is 4. The van der Waals surface area contributed by atoms with Crippen molar-refractivity contribution in [2.45, 2.75) is 58.3 Å². The summed E-state index contributed by atoms with van der Waals surface area (Å²) in [6, 6.07) is -0.252. The fourth-order valence-corrected chi connectivity index (χ4v) is 4.85. The van der Waals surface area contributed by atoms with Crippen molar-refractivity contribution in [2.75, 3.05) is 0 Å². The molecule has 1 aromatic heterocycles. The zero-order valence-corrected chi connectivity index (χ0v) is 13.5. The molecule has 0 amide bonds. The Kier molecular flexibility index (Phi) is 3.51. The Bertz CT molecular complexity index is 588. The van der Waals surface area contributed by atoms with Crippen molar-refractivity contribution in [3.8, 4) is 0 Å². The third-order valence-corrected chi connectivity index (χ3v) is 5.92. The van der Waals surface area contributed by atoms with E-state index in [0.717, 1.165) is 0 Å². The minimum Gasteiger partial charge on any atom is -0.336 e. The molecule has 7 heteroatoms. The number of nitrogens with one attached hydrogen (secondary N) is 1. The molecule has 1 heterocycles. The maximum atomic E-state index is 12.4. The third-order valence-electron chi connectivity index (χ3n) is 4.61. The molecule has 1 aliphatic rings. The molecule has 0 atom stereocenters. The molecular weight excluding hydrogens is 276 g/mol. The van der Waals surface area contributed by atoms with Crippen LogP contribution in [0.2, 0.25) is 0 Å². The van der Waals surface area contributed by atoms with Gasteiger partial charge in [0.05, 0.1) is 6.33 Å². The van der Waals surface area contributed by atoms with E-state index in [1.807, 2.05) is 34.6 Å². The summed E-state index contributed by atoms with van der Waals surface area (Å²) in [4.78, 5) is 3.97. The van der Waals surface area contributed by atoms with Crippen molar-refractivity contribution in [1.82, 2.24) is 14.3 Å². The second kappa shape index (κ2) is 4.54. The summed E-state index contributed by atoms with van der Waals surface area (Å²) in [5, 5.41) is 0.0615. The van der Waals surface area contributed by atoms with Gasteiger partial charge in [-0.2, -0.15) is 0 Å². The molecule has 2 rings (SSSR count). The van der Waals surface area contributed by atoms with E-state index >= 15 is 0 Å². The molecule has 3 N–H and O–H groups in total. The van der Waals surface area contributed by atoms with Gasteiger partial charge < -0.3 is 10.3 Å². The smallest absolute Gasteiger partial charge is 0.259 e. The monoisotopic (exact) mass is 300 g/mol. The summed E-state index contributed by atoms with van der Waals surface area (Å²) in [5.74, 6) is 0. The predicted octanol–water partition coefficient (Wildman–Crippen LogP) is 0.943. The maximum Gasteiger partial charge on any atom is 0.259 e. The number of sulfonamides is 1. The van der Waals surface area contributed by atoms with E-state index < -0.39 is 10.0 Å². The summed E-state index contributed by atoms with van der Waals surface area (Å²) in [6.45, 7) is 10.6. The van der Waals surface area contributed by atoms with Gasteiger partial charge in [-0.25, -0.2) is 18.1 Å². The normalized spacial score (nSPS) is 28.1. The SMILES string of the molecule is CCn1cnc(S(=O)(=O)NC2C(C)(C)C(N)C2(C)C)c1. The highest BCUT2D eigenvalue weighted by Crippen LogP contribution is 2.52. The van der Waals surface area contributed by atoms with E-state index in [2.05, 4.69) is 9.71 Å². The average molecular weight is 300 g/mol. The fourth-order valence-electron chi connectivity index (χ4n) is 3.35. The van der Waals surface area contributed by atoms with Crippen LogP contribution in [0.25, 0.3) is 0 Å². The van der Waals surface area contributed by atoms with Crippen LogP contribution in [-0.4, -0.2) is 30.1 Å². The minimum atomic E-state index is -3.61. The van der Waals surface area contributed by atoms with Gasteiger partial charge >= 0.3 is 0 Å². The first-order valence-electron chi connectivity index (χ1n) is 6.83. The van der Waals surface area contributed by atoms with Crippen LogP contribution in [0.4, 0.5) is 0 Å². The Morgan fingerprint density at radius 3 is 2.35 bits per heavy atom. The van der Waals surface area contributed by atoms with E-state index in [9.17, 15) is 8.42 Å². The van der Waals surface area contributed by atoms with Crippen LogP contribution in [0.1, 0.15) is 34.6 Å². The van der Waals surface area contributed by atoms with Gasteiger partial charge in [0.2, 0.25) is 0 Å². The van der Waals surface area contributed by atoms with E-state index in [-0.39, 0.29) is 27.9 Å². The standard InChI is InChI=1S/C13H24N4O2S/c1-6-17-7-9(15-8-17)20(18,19)16-11-12(2,3)10(14)13(11,4)5/h7-8,10-11,16H,6,14H2,1-5H3. The first-order valence-corrected chi connectivity index (χ1v) is 8.31. The number of aromatic nitrogens is 2. The molecule has 20 heavy (non-hydrogen) atoms. The molecule has 6 nitrogen and oxygen atoms in total. The molecule has 0 unspecified atom stereocenters. The third kappa shape index (κ3) is 2.17. The van der Waals surface area contributed by atoms with Crippen LogP contribution < -0.4 is 10.5 Å². The summed E-state index contributed by atoms with van der Waals surface area (Å²) in [7, 11) is -3.61. The first kappa shape index (κ1) is 15.5. The fraction of sp³-hybridized carbons (Fsp3) is 0.769. The lowest BCUT2D eigenvalue weighted by atomic mass is 9.49. The van der Waals surface area contributed by atoms with Crippen molar-refractivity contribution in [3.63, 3.8) is 0 Å². The Morgan fingerprint density at radius 2 is 1.90 bits per heavy atom.